The van der Waals surface area contributed by atoms with Crippen molar-refractivity contribution in [2.45, 2.75) is 58.8 Å². The van der Waals surface area contributed by atoms with Crippen LogP contribution < -0.4 is 0 Å². The Kier molecular flexibility index (Phi) is 4.51. The third-order valence-corrected chi connectivity index (χ3v) is 3.88. The summed E-state index contributed by atoms with van der Waals surface area (Å²) in [7, 11) is 0. The largest absolute Gasteiger partial charge is 0.481 e. The first-order valence-corrected chi connectivity index (χ1v) is 6.28. The first-order chi connectivity index (χ1) is 7.52. The minimum Gasteiger partial charge on any atom is -0.481 e. The smallest absolute Gasteiger partial charge is 0.310 e. The van der Waals surface area contributed by atoms with Crippen molar-refractivity contribution in [3.8, 4) is 0 Å². The Morgan fingerprint density at radius 3 is 2.69 bits per heavy atom. The number of carboxylic acid groups (broad SMARTS) is 1. The molecule has 1 aliphatic rings. The van der Waals surface area contributed by atoms with Crippen molar-refractivity contribution >= 4 is 11.8 Å². The van der Waals surface area contributed by atoms with Crippen LogP contribution in [0.25, 0.3) is 0 Å². The lowest BCUT2D eigenvalue weighted by molar-refractivity contribution is -0.151. The molecule has 3 nitrogen and oxygen atoms in total. The molecule has 16 heavy (non-hydrogen) atoms. The third-order valence-electron chi connectivity index (χ3n) is 3.88. The molecule has 0 aromatic heterocycles. The Balaban J connectivity index is 2.54. The highest BCUT2D eigenvalue weighted by Gasteiger charge is 2.49. The molecule has 0 bridgehead atoms. The summed E-state index contributed by atoms with van der Waals surface area (Å²) in [5, 5.41) is 9.21. The molecule has 2 atom stereocenters. The van der Waals surface area contributed by atoms with Crippen LogP contribution in [0, 0.1) is 11.3 Å². The van der Waals surface area contributed by atoms with Gasteiger partial charge in [-0.05, 0) is 19.8 Å². The van der Waals surface area contributed by atoms with E-state index >= 15 is 0 Å². The van der Waals surface area contributed by atoms with E-state index in [1.54, 1.807) is 6.92 Å². The number of rotatable bonds is 6. The van der Waals surface area contributed by atoms with Crippen LogP contribution in [-0.2, 0) is 9.59 Å². The fraction of sp³-hybridized carbons (Fsp3) is 0.846. The van der Waals surface area contributed by atoms with E-state index in [4.69, 9.17) is 0 Å². The molecule has 0 saturated heterocycles. The van der Waals surface area contributed by atoms with Crippen molar-refractivity contribution in [3.63, 3.8) is 0 Å². The molecule has 92 valence electrons. The summed E-state index contributed by atoms with van der Waals surface area (Å²) in [5.41, 5.74) is -0.802. The van der Waals surface area contributed by atoms with Crippen LogP contribution in [-0.4, -0.2) is 16.9 Å². The molecule has 1 aliphatic carbocycles. The molecular formula is C13H22O3. The fourth-order valence-corrected chi connectivity index (χ4v) is 2.60. The Hall–Kier alpha value is -0.860. The summed E-state index contributed by atoms with van der Waals surface area (Å²) in [6.45, 7) is 3.87. The zero-order valence-corrected chi connectivity index (χ0v) is 10.3. The predicted molar refractivity (Wildman–Crippen MR) is 62.2 cm³/mol. The Morgan fingerprint density at radius 1 is 1.44 bits per heavy atom. The quantitative estimate of drug-likeness (QED) is 0.708. The van der Waals surface area contributed by atoms with Crippen molar-refractivity contribution in [1.29, 1.82) is 0 Å². The number of carbonyl (C=O) groups excluding carboxylic acids is 1. The van der Waals surface area contributed by atoms with Crippen LogP contribution in [0.5, 0.6) is 0 Å². The van der Waals surface area contributed by atoms with E-state index in [0.717, 1.165) is 25.7 Å². The topological polar surface area (TPSA) is 54.4 Å². The molecular weight excluding hydrogens is 204 g/mol. The summed E-state index contributed by atoms with van der Waals surface area (Å²) in [4.78, 5) is 22.9. The molecule has 0 amide bonds. The van der Waals surface area contributed by atoms with Gasteiger partial charge in [0.05, 0.1) is 5.41 Å². The maximum atomic E-state index is 11.7. The number of aliphatic carboxylic acids is 1. The van der Waals surface area contributed by atoms with Crippen molar-refractivity contribution in [1.82, 2.24) is 0 Å². The van der Waals surface area contributed by atoms with Gasteiger partial charge in [-0.1, -0.05) is 32.6 Å². The highest BCUT2D eigenvalue weighted by Crippen LogP contribution is 2.43. The second-order valence-electron chi connectivity index (χ2n) is 5.09. The van der Waals surface area contributed by atoms with Crippen LogP contribution >= 0.6 is 0 Å². The van der Waals surface area contributed by atoms with E-state index in [-0.39, 0.29) is 11.7 Å². The van der Waals surface area contributed by atoms with Gasteiger partial charge in [-0.3, -0.25) is 9.59 Å². The summed E-state index contributed by atoms with van der Waals surface area (Å²) in [5.74, 6) is -0.901. The fourth-order valence-electron chi connectivity index (χ4n) is 2.60. The van der Waals surface area contributed by atoms with E-state index in [1.807, 2.05) is 0 Å². The van der Waals surface area contributed by atoms with Crippen LogP contribution in [0.3, 0.4) is 0 Å². The highest BCUT2D eigenvalue weighted by atomic mass is 16.4. The molecule has 1 saturated carbocycles. The lowest BCUT2D eigenvalue weighted by atomic mass is 9.77. The van der Waals surface area contributed by atoms with Gasteiger partial charge in [0.25, 0.3) is 0 Å². The van der Waals surface area contributed by atoms with Crippen LogP contribution in [0.4, 0.5) is 0 Å². The molecule has 0 aliphatic heterocycles. The van der Waals surface area contributed by atoms with Gasteiger partial charge in [0, 0.05) is 12.3 Å². The third kappa shape index (κ3) is 2.63. The number of carboxylic acids is 1. The maximum absolute atomic E-state index is 11.7. The molecule has 0 heterocycles. The number of Topliss-reactive ketones (excluding diaryl/α,β-unsaturated/α-hetero) is 1. The van der Waals surface area contributed by atoms with Crippen LogP contribution in [0.15, 0.2) is 0 Å². The van der Waals surface area contributed by atoms with Gasteiger partial charge in [-0.2, -0.15) is 0 Å². The van der Waals surface area contributed by atoms with E-state index in [9.17, 15) is 14.7 Å². The van der Waals surface area contributed by atoms with Gasteiger partial charge in [-0.25, -0.2) is 0 Å². The van der Waals surface area contributed by atoms with Crippen molar-refractivity contribution < 1.29 is 14.7 Å². The number of ketones is 1. The standard InChI is InChI=1S/C13H22O3/c1-3-4-5-6-7-10-11(14)8-9-13(10,2)12(15)16/h10H,3-9H2,1-2H3,(H,15,16). The van der Waals surface area contributed by atoms with Gasteiger partial charge in [-0.15, -0.1) is 0 Å². The molecule has 0 aromatic carbocycles. The SMILES string of the molecule is CCCCCCC1C(=O)CCC1(C)C(=O)O. The van der Waals surface area contributed by atoms with E-state index < -0.39 is 11.4 Å². The predicted octanol–water partition coefficient (Wildman–Crippen LogP) is 3.03. The summed E-state index contributed by atoms with van der Waals surface area (Å²) >= 11 is 0. The van der Waals surface area contributed by atoms with Crippen molar-refractivity contribution in [2.24, 2.45) is 11.3 Å². The van der Waals surface area contributed by atoms with Gasteiger partial charge < -0.3 is 5.11 Å². The summed E-state index contributed by atoms with van der Waals surface area (Å²) in [6.07, 6.45) is 6.13. The second kappa shape index (κ2) is 5.46. The lowest BCUT2D eigenvalue weighted by Crippen LogP contribution is -2.33. The van der Waals surface area contributed by atoms with Crippen LogP contribution in [0.1, 0.15) is 58.8 Å². The first-order valence-electron chi connectivity index (χ1n) is 6.28. The van der Waals surface area contributed by atoms with Crippen molar-refractivity contribution in [2.75, 3.05) is 0 Å². The normalized spacial score (nSPS) is 29.6. The molecule has 0 aromatic rings. The van der Waals surface area contributed by atoms with Gasteiger partial charge in [0.1, 0.15) is 5.78 Å². The number of carbonyl (C=O) groups is 2. The minimum absolute atomic E-state index is 0.154. The lowest BCUT2D eigenvalue weighted by Gasteiger charge is -2.25. The molecule has 0 spiro atoms. The maximum Gasteiger partial charge on any atom is 0.310 e. The summed E-state index contributed by atoms with van der Waals surface area (Å²) < 4.78 is 0. The Morgan fingerprint density at radius 2 is 2.12 bits per heavy atom. The average Bonchev–Trinajstić information content (AvgIpc) is 2.53. The zero-order chi connectivity index (χ0) is 12.2. The summed E-state index contributed by atoms with van der Waals surface area (Å²) in [6, 6.07) is 0. The molecule has 3 heteroatoms. The Labute approximate surface area is 97.2 Å². The molecule has 1 fully saturated rings. The van der Waals surface area contributed by atoms with E-state index in [2.05, 4.69) is 6.92 Å². The number of unbranched alkanes of at least 4 members (excludes halogenated alkanes) is 3. The first kappa shape index (κ1) is 13.2. The Bertz CT molecular complexity index is 272. The van der Waals surface area contributed by atoms with Crippen molar-refractivity contribution in [3.05, 3.63) is 0 Å². The molecule has 1 N–H and O–H groups in total. The highest BCUT2D eigenvalue weighted by molar-refractivity contribution is 5.91. The van der Waals surface area contributed by atoms with Crippen LogP contribution in [0.2, 0.25) is 0 Å². The van der Waals surface area contributed by atoms with Gasteiger partial charge in [0.15, 0.2) is 0 Å². The number of hydrogen-bond acceptors (Lipinski definition) is 2. The minimum atomic E-state index is -0.807. The second-order valence-corrected chi connectivity index (χ2v) is 5.09. The molecule has 0 radical (unpaired) electrons. The number of hydrogen-bond donors (Lipinski definition) is 1. The van der Waals surface area contributed by atoms with Gasteiger partial charge >= 0.3 is 5.97 Å². The van der Waals surface area contributed by atoms with Gasteiger partial charge in [0.2, 0.25) is 0 Å². The average molecular weight is 226 g/mol. The van der Waals surface area contributed by atoms with E-state index in [1.165, 1.54) is 6.42 Å². The molecule has 1 rings (SSSR count). The molecule has 2 unspecified atom stereocenters. The monoisotopic (exact) mass is 226 g/mol. The van der Waals surface area contributed by atoms with E-state index in [0.29, 0.717) is 12.8 Å². The zero-order valence-electron chi connectivity index (χ0n) is 10.3.